The predicted molar refractivity (Wildman–Crippen MR) is 54.3 cm³/mol. The van der Waals surface area contributed by atoms with Crippen molar-refractivity contribution < 1.29 is 13.0 Å². The average molecular weight is 213 g/mol. The van der Waals surface area contributed by atoms with E-state index in [4.69, 9.17) is 4.55 Å². The Bertz CT molecular complexity index is 397. The maximum Gasteiger partial charge on any atom is 0.265 e. The highest BCUT2D eigenvalue weighted by atomic mass is 32.2. The summed E-state index contributed by atoms with van der Waals surface area (Å²) in [6, 6.07) is 5.45. The minimum absolute atomic E-state index is 0.254. The Kier molecular flexibility index (Phi) is 3.79. The molecule has 0 spiro atoms. The van der Waals surface area contributed by atoms with Crippen molar-refractivity contribution in [2.75, 3.05) is 5.75 Å². The minimum atomic E-state index is -3.85. The molecule has 1 heterocycles. The lowest BCUT2D eigenvalue weighted by Crippen LogP contribution is -2.01. The van der Waals surface area contributed by atoms with Gasteiger partial charge < -0.3 is 0 Å². The van der Waals surface area contributed by atoms with Gasteiger partial charge in [-0.15, -0.1) is 0 Å². The van der Waals surface area contributed by atoms with Crippen LogP contribution in [0, 0.1) is 0 Å². The van der Waals surface area contributed by atoms with Crippen molar-refractivity contribution in [1.29, 1.82) is 0 Å². The molecule has 0 aliphatic rings. The summed E-state index contributed by atoms with van der Waals surface area (Å²) in [5.41, 5.74) is 0.767. The molecule has 0 saturated carbocycles. The van der Waals surface area contributed by atoms with Gasteiger partial charge in [0.2, 0.25) is 0 Å². The first-order valence-corrected chi connectivity index (χ1v) is 5.71. The number of allylic oxidation sites excluding steroid dienone is 1. The van der Waals surface area contributed by atoms with Crippen LogP contribution in [0.25, 0.3) is 6.08 Å². The molecule has 0 aliphatic heterocycles. The third-order valence-corrected chi connectivity index (χ3v) is 2.27. The van der Waals surface area contributed by atoms with Gasteiger partial charge in [0.1, 0.15) is 0 Å². The highest BCUT2D eigenvalue weighted by molar-refractivity contribution is 7.85. The quantitative estimate of drug-likeness (QED) is 0.767. The first-order chi connectivity index (χ1) is 6.58. The minimum Gasteiger partial charge on any atom is -0.286 e. The largest absolute Gasteiger partial charge is 0.286 e. The van der Waals surface area contributed by atoms with Crippen molar-refractivity contribution in [3.8, 4) is 0 Å². The Morgan fingerprint density at radius 2 is 2.21 bits per heavy atom. The Morgan fingerprint density at radius 3 is 2.79 bits per heavy atom. The molecule has 0 radical (unpaired) electrons. The van der Waals surface area contributed by atoms with Crippen molar-refractivity contribution in [3.63, 3.8) is 0 Å². The van der Waals surface area contributed by atoms with Crippen molar-refractivity contribution >= 4 is 16.2 Å². The van der Waals surface area contributed by atoms with E-state index < -0.39 is 10.1 Å². The van der Waals surface area contributed by atoms with Crippen LogP contribution in [0.1, 0.15) is 12.1 Å². The molecule has 0 bridgehead atoms. The van der Waals surface area contributed by atoms with Crippen LogP contribution in [0.3, 0.4) is 0 Å². The van der Waals surface area contributed by atoms with Gasteiger partial charge in [0, 0.05) is 6.20 Å². The summed E-state index contributed by atoms with van der Waals surface area (Å²) >= 11 is 0. The van der Waals surface area contributed by atoms with E-state index in [0.717, 1.165) is 5.69 Å². The molecule has 1 N–H and O–H groups in total. The van der Waals surface area contributed by atoms with Gasteiger partial charge in [0.25, 0.3) is 10.1 Å². The second-order valence-corrected chi connectivity index (χ2v) is 4.30. The van der Waals surface area contributed by atoms with Crippen LogP contribution in [0.4, 0.5) is 0 Å². The van der Waals surface area contributed by atoms with Crippen molar-refractivity contribution in [2.24, 2.45) is 0 Å². The van der Waals surface area contributed by atoms with Crippen molar-refractivity contribution in [3.05, 3.63) is 36.2 Å². The van der Waals surface area contributed by atoms with Crippen LogP contribution in [-0.2, 0) is 10.1 Å². The van der Waals surface area contributed by atoms with Crippen LogP contribution in [0.15, 0.2) is 30.5 Å². The lowest BCUT2D eigenvalue weighted by Gasteiger charge is -1.91. The summed E-state index contributed by atoms with van der Waals surface area (Å²) in [6.45, 7) is 0. The number of pyridine rings is 1. The monoisotopic (exact) mass is 213 g/mol. The molecular formula is C9H11NO3S. The average Bonchev–Trinajstić information content (AvgIpc) is 2.13. The van der Waals surface area contributed by atoms with Gasteiger partial charge in [-0.1, -0.05) is 12.1 Å². The van der Waals surface area contributed by atoms with Gasteiger partial charge in [-0.25, -0.2) is 0 Å². The summed E-state index contributed by atoms with van der Waals surface area (Å²) in [4.78, 5) is 4.01. The van der Waals surface area contributed by atoms with E-state index in [1.807, 2.05) is 12.1 Å². The first-order valence-electron chi connectivity index (χ1n) is 4.11. The molecule has 0 saturated heterocycles. The third kappa shape index (κ3) is 4.74. The van der Waals surface area contributed by atoms with Crippen molar-refractivity contribution in [1.82, 2.24) is 4.98 Å². The van der Waals surface area contributed by atoms with E-state index in [0.29, 0.717) is 0 Å². The maximum atomic E-state index is 10.3. The second kappa shape index (κ2) is 4.88. The van der Waals surface area contributed by atoms with E-state index in [1.165, 1.54) is 0 Å². The topological polar surface area (TPSA) is 67.3 Å². The lowest BCUT2D eigenvalue weighted by atomic mass is 10.3. The van der Waals surface area contributed by atoms with Gasteiger partial charge in [-0.3, -0.25) is 9.54 Å². The maximum absolute atomic E-state index is 10.3. The lowest BCUT2D eigenvalue weighted by molar-refractivity contribution is 0.483. The van der Waals surface area contributed by atoms with E-state index in [2.05, 4.69) is 4.98 Å². The summed E-state index contributed by atoms with van der Waals surface area (Å²) in [5, 5.41) is 0. The fraction of sp³-hybridized carbons (Fsp3) is 0.222. The summed E-state index contributed by atoms with van der Waals surface area (Å²) in [5.74, 6) is -0.254. The Labute approximate surface area is 83.0 Å². The third-order valence-electron chi connectivity index (χ3n) is 1.52. The zero-order chi connectivity index (χ0) is 10.4. The molecule has 0 atom stereocenters. The first kappa shape index (κ1) is 10.9. The highest BCUT2D eigenvalue weighted by Crippen LogP contribution is 1.98. The Hall–Kier alpha value is -1.20. The van der Waals surface area contributed by atoms with Gasteiger partial charge in [0.15, 0.2) is 0 Å². The number of hydrogen-bond acceptors (Lipinski definition) is 3. The Balaban J connectivity index is 2.43. The van der Waals surface area contributed by atoms with E-state index in [9.17, 15) is 8.42 Å². The number of rotatable bonds is 4. The molecule has 14 heavy (non-hydrogen) atoms. The van der Waals surface area contributed by atoms with Crippen LogP contribution >= 0.6 is 0 Å². The van der Waals surface area contributed by atoms with Gasteiger partial charge >= 0.3 is 0 Å². The molecule has 5 heteroatoms. The standard InChI is InChI=1S/C9H11NO3S/c11-14(12,13)8-4-2-6-9-5-1-3-7-10-9/h1-3,5-7H,4,8H2,(H,11,12,13)/b6-2+. The SMILES string of the molecule is O=S(=O)(O)CC/C=C/c1ccccn1. The summed E-state index contributed by atoms with van der Waals surface area (Å²) in [6.07, 6.45) is 5.32. The molecule has 76 valence electrons. The zero-order valence-electron chi connectivity index (χ0n) is 7.50. The Morgan fingerprint density at radius 1 is 1.43 bits per heavy atom. The molecule has 1 rings (SSSR count). The van der Waals surface area contributed by atoms with E-state index in [1.54, 1.807) is 24.4 Å². The predicted octanol–water partition coefficient (Wildman–Crippen LogP) is 1.37. The zero-order valence-corrected chi connectivity index (χ0v) is 8.31. The van der Waals surface area contributed by atoms with Crippen LogP contribution in [0.5, 0.6) is 0 Å². The highest BCUT2D eigenvalue weighted by Gasteiger charge is 2.00. The molecule has 1 aromatic rings. The molecule has 0 amide bonds. The van der Waals surface area contributed by atoms with Crippen molar-refractivity contribution in [2.45, 2.75) is 6.42 Å². The molecule has 0 fully saturated rings. The molecular weight excluding hydrogens is 202 g/mol. The molecule has 0 aliphatic carbocycles. The van der Waals surface area contributed by atoms with E-state index >= 15 is 0 Å². The van der Waals surface area contributed by atoms with Crippen LogP contribution in [0.2, 0.25) is 0 Å². The molecule has 0 unspecified atom stereocenters. The van der Waals surface area contributed by atoms with Gasteiger partial charge in [0.05, 0.1) is 11.4 Å². The van der Waals surface area contributed by atoms with E-state index in [-0.39, 0.29) is 12.2 Å². The number of aromatic nitrogens is 1. The fourth-order valence-electron chi connectivity index (χ4n) is 0.896. The smallest absolute Gasteiger partial charge is 0.265 e. The van der Waals surface area contributed by atoms with Gasteiger partial charge in [-0.2, -0.15) is 8.42 Å². The number of nitrogens with zero attached hydrogens (tertiary/aromatic N) is 1. The van der Waals surface area contributed by atoms with Gasteiger partial charge in [-0.05, 0) is 24.6 Å². The normalized spacial score (nSPS) is 12.1. The number of hydrogen-bond donors (Lipinski definition) is 1. The molecule has 1 aromatic heterocycles. The molecule has 4 nitrogen and oxygen atoms in total. The van der Waals surface area contributed by atoms with Crippen LogP contribution < -0.4 is 0 Å². The fourth-order valence-corrected chi connectivity index (χ4v) is 1.33. The second-order valence-electron chi connectivity index (χ2n) is 2.73. The summed E-state index contributed by atoms with van der Waals surface area (Å²) < 4.78 is 29.1. The summed E-state index contributed by atoms with van der Waals surface area (Å²) in [7, 11) is -3.85. The molecule has 0 aromatic carbocycles. The van der Waals surface area contributed by atoms with Crippen LogP contribution in [-0.4, -0.2) is 23.7 Å².